The van der Waals surface area contributed by atoms with Crippen molar-refractivity contribution < 1.29 is 19.1 Å². The number of amides is 1. The molecule has 1 fully saturated rings. The Morgan fingerprint density at radius 2 is 2.00 bits per heavy atom. The Bertz CT molecular complexity index is 303. The van der Waals surface area contributed by atoms with Crippen LogP contribution in [0.5, 0.6) is 0 Å². The summed E-state index contributed by atoms with van der Waals surface area (Å²) in [7, 11) is 0. The molecule has 0 aliphatic carbocycles. The summed E-state index contributed by atoms with van der Waals surface area (Å²) in [5.41, 5.74) is -0.580. The van der Waals surface area contributed by atoms with Crippen LogP contribution in [0.3, 0.4) is 0 Å². The predicted octanol–water partition coefficient (Wildman–Crippen LogP) is 0.176. The van der Waals surface area contributed by atoms with Gasteiger partial charge in [0.25, 0.3) is 5.91 Å². The summed E-state index contributed by atoms with van der Waals surface area (Å²) in [5.74, 6) is -1.66. The van der Waals surface area contributed by atoms with Crippen LogP contribution in [0.15, 0.2) is 0 Å². The smallest absolute Gasteiger partial charge is 0.329 e. The average Bonchev–Trinajstić information content (AvgIpc) is 2.06. The van der Waals surface area contributed by atoms with Crippen molar-refractivity contribution in [1.82, 2.24) is 5.32 Å². The molecular weight excluding hydrogens is 198 g/mol. The molecule has 0 aromatic heterocycles. The van der Waals surface area contributed by atoms with E-state index in [-0.39, 0.29) is 6.42 Å². The molecule has 0 radical (unpaired) electrons. The third-order valence-electron chi connectivity index (χ3n) is 1.91. The number of hydrogen-bond donors (Lipinski definition) is 1. The van der Waals surface area contributed by atoms with Gasteiger partial charge in [-0.3, -0.25) is 9.59 Å². The SMILES string of the molecule is CC(C)(C)OC(=O)C1CCC(=O)C(=O)N1. The molecule has 1 rings (SSSR count). The number of ketones is 1. The molecule has 0 aromatic rings. The van der Waals surface area contributed by atoms with E-state index in [0.717, 1.165) is 0 Å². The van der Waals surface area contributed by atoms with Crippen LogP contribution < -0.4 is 5.32 Å². The number of piperidine rings is 1. The summed E-state index contributed by atoms with van der Waals surface area (Å²) < 4.78 is 5.10. The highest BCUT2D eigenvalue weighted by atomic mass is 16.6. The quantitative estimate of drug-likeness (QED) is 0.498. The van der Waals surface area contributed by atoms with Crippen molar-refractivity contribution >= 4 is 17.7 Å². The molecule has 5 nitrogen and oxygen atoms in total. The van der Waals surface area contributed by atoms with E-state index in [9.17, 15) is 14.4 Å². The van der Waals surface area contributed by atoms with Crippen LogP contribution in [0.2, 0.25) is 0 Å². The van der Waals surface area contributed by atoms with Gasteiger partial charge in [0, 0.05) is 6.42 Å². The van der Waals surface area contributed by atoms with Crippen molar-refractivity contribution in [1.29, 1.82) is 0 Å². The molecule has 1 aliphatic rings. The molecule has 1 saturated heterocycles. The minimum atomic E-state index is -0.697. The Hall–Kier alpha value is -1.39. The summed E-state index contributed by atoms with van der Waals surface area (Å²) in [6.45, 7) is 5.25. The van der Waals surface area contributed by atoms with Gasteiger partial charge in [0.05, 0.1) is 0 Å². The molecule has 1 amide bonds. The number of Topliss-reactive ketones (excluding diaryl/α,β-unsaturated/α-hetero) is 1. The number of ether oxygens (including phenoxy) is 1. The van der Waals surface area contributed by atoms with Crippen LogP contribution in [-0.4, -0.2) is 29.3 Å². The van der Waals surface area contributed by atoms with E-state index in [2.05, 4.69) is 5.32 Å². The van der Waals surface area contributed by atoms with Crippen LogP contribution in [-0.2, 0) is 19.1 Å². The first-order chi connectivity index (χ1) is 6.79. The zero-order chi connectivity index (χ0) is 11.6. The number of carbonyl (C=O) groups is 3. The van der Waals surface area contributed by atoms with Gasteiger partial charge >= 0.3 is 5.97 Å². The van der Waals surface area contributed by atoms with Gasteiger partial charge in [-0.25, -0.2) is 4.79 Å². The number of esters is 1. The topological polar surface area (TPSA) is 72.5 Å². The molecule has 0 aromatic carbocycles. The summed E-state index contributed by atoms with van der Waals surface area (Å²) >= 11 is 0. The van der Waals surface area contributed by atoms with E-state index in [4.69, 9.17) is 4.74 Å². The Morgan fingerprint density at radius 1 is 1.40 bits per heavy atom. The largest absolute Gasteiger partial charge is 0.458 e. The van der Waals surface area contributed by atoms with Crippen molar-refractivity contribution in [3.8, 4) is 0 Å². The van der Waals surface area contributed by atoms with Crippen LogP contribution >= 0.6 is 0 Å². The molecule has 1 atom stereocenters. The molecule has 84 valence electrons. The second kappa shape index (κ2) is 4.00. The molecule has 1 unspecified atom stereocenters. The van der Waals surface area contributed by atoms with Gasteiger partial charge in [-0.05, 0) is 27.2 Å². The first-order valence-corrected chi connectivity index (χ1v) is 4.86. The fourth-order valence-corrected chi connectivity index (χ4v) is 1.25. The lowest BCUT2D eigenvalue weighted by Gasteiger charge is -2.26. The van der Waals surface area contributed by atoms with Gasteiger partial charge in [-0.15, -0.1) is 0 Å². The average molecular weight is 213 g/mol. The Balaban J connectivity index is 2.55. The fourth-order valence-electron chi connectivity index (χ4n) is 1.25. The third kappa shape index (κ3) is 3.34. The zero-order valence-electron chi connectivity index (χ0n) is 9.12. The second-order valence-corrected chi connectivity index (χ2v) is 4.52. The Morgan fingerprint density at radius 3 is 2.47 bits per heavy atom. The first kappa shape index (κ1) is 11.7. The maximum atomic E-state index is 11.5. The molecule has 0 bridgehead atoms. The molecule has 1 N–H and O–H groups in total. The van der Waals surface area contributed by atoms with E-state index < -0.39 is 29.3 Å². The van der Waals surface area contributed by atoms with Crippen molar-refractivity contribution in [3.63, 3.8) is 0 Å². The summed E-state index contributed by atoms with van der Waals surface area (Å²) in [5, 5.41) is 2.33. The lowest BCUT2D eigenvalue weighted by molar-refractivity contribution is -0.160. The minimum absolute atomic E-state index is 0.107. The zero-order valence-corrected chi connectivity index (χ0v) is 9.12. The monoisotopic (exact) mass is 213 g/mol. The van der Waals surface area contributed by atoms with Gasteiger partial charge in [0.2, 0.25) is 5.78 Å². The van der Waals surface area contributed by atoms with E-state index >= 15 is 0 Å². The minimum Gasteiger partial charge on any atom is -0.458 e. The standard InChI is InChI=1S/C10H15NO4/c1-10(2,3)15-9(14)6-4-5-7(12)8(13)11-6/h6H,4-5H2,1-3H3,(H,11,13). The summed E-state index contributed by atoms with van der Waals surface area (Å²) in [6.07, 6.45) is 0.426. The second-order valence-electron chi connectivity index (χ2n) is 4.52. The molecule has 5 heteroatoms. The Labute approximate surface area is 88.2 Å². The molecule has 1 heterocycles. The van der Waals surface area contributed by atoms with Crippen LogP contribution in [0.1, 0.15) is 33.6 Å². The van der Waals surface area contributed by atoms with Crippen LogP contribution in [0, 0.1) is 0 Å². The lowest BCUT2D eigenvalue weighted by Crippen LogP contribution is -2.50. The highest BCUT2D eigenvalue weighted by Gasteiger charge is 2.32. The predicted molar refractivity (Wildman–Crippen MR) is 52.0 cm³/mol. The maximum Gasteiger partial charge on any atom is 0.329 e. The normalized spacial score (nSPS) is 22.2. The van der Waals surface area contributed by atoms with Crippen molar-refractivity contribution in [2.45, 2.75) is 45.3 Å². The highest BCUT2D eigenvalue weighted by Crippen LogP contribution is 2.13. The highest BCUT2D eigenvalue weighted by molar-refractivity contribution is 6.37. The molecule has 0 saturated carbocycles. The van der Waals surface area contributed by atoms with E-state index in [1.54, 1.807) is 20.8 Å². The third-order valence-corrected chi connectivity index (χ3v) is 1.91. The molecule has 0 spiro atoms. The number of carbonyl (C=O) groups excluding carboxylic acids is 3. The van der Waals surface area contributed by atoms with Gasteiger partial charge in [0.15, 0.2) is 0 Å². The summed E-state index contributed by atoms with van der Waals surface area (Å²) in [4.78, 5) is 33.4. The van der Waals surface area contributed by atoms with Gasteiger partial charge in [-0.2, -0.15) is 0 Å². The van der Waals surface area contributed by atoms with Gasteiger partial charge in [-0.1, -0.05) is 0 Å². The number of hydrogen-bond acceptors (Lipinski definition) is 4. The fraction of sp³-hybridized carbons (Fsp3) is 0.700. The molecule has 1 aliphatic heterocycles. The van der Waals surface area contributed by atoms with Crippen molar-refractivity contribution in [2.75, 3.05) is 0 Å². The van der Waals surface area contributed by atoms with E-state index in [1.165, 1.54) is 0 Å². The number of nitrogens with one attached hydrogen (secondary N) is 1. The van der Waals surface area contributed by atoms with Crippen molar-refractivity contribution in [3.05, 3.63) is 0 Å². The van der Waals surface area contributed by atoms with Crippen LogP contribution in [0.4, 0.5) is 0 Å². The Kier molecular flexibility index (Phi) is 3.12. The van der Waals surface area contributed by atoms with Crippen LogP contribution in [0.25, 0.3) is 0 Å². The van der Waals surface area contributed by atoms with Crippen molar-refractivity contribution in [2.24, 2.45) is 0 Å². The van der Waals surface area contributed by atoms with E-state index in [1.807, 2.05) is 0 Å². The maximum absolute atomic E-state index is 11.5. The number of rotatable bonds is 1. The van der Waals surface area contributed by atoms with Gasteiger partial charge in [0.1, 0.15) is 11.6 Å². The lowest BCUT2D eigenvalue weighted by atomic mass is 10.0. The molecular formula is C10H15NO4. The van der Waals surface area contributed by atoms with Gasteiger partial charge < -0.3 is 10.1 Å². The first-order valence-electron chi connectivity index (χ1n) is 4.86. The molecule has 15 heavy (non-hydrogen) atoms. The summed E-state index contributed by atoms with van der Waals surface area (Å²) in [6, 6.07) is -0.686. The van der Waals surface area contributed by atoms with E-state index in [0.29, 0.717) is 6.42 Å².